The van der Waals surface area contributed by atoms with E-state index in [2.05, 4.69) is 37.2 Å². The van der Waals surface area contributed by atoms with Gasteiger partial charge in [0.2, 0.25) is 0 Å². The Morgan fingerprint density at radius 2 is 1.37 bits per heavy atom. The van der Waals surface area contributed by atoms with Crippen LogP contribution in [-0.2, 0) is 0 Å². The first kappa shape index (κ1) is 22.3. The largest absolute Gasteiger partial charge is 0.497 e. The van der Waals surface area contributed by atoms with Gasteiger partial charge in [-0.2, -0.15) is 0 Å². The third kappa shape index (κ3) is 5.22. The van der Waals surface area contributed by atoms with E-state index in [1.165, 1.54) is 5.69 Å². The molecule has 0 saturated carbocycles. The number of rotatable bonds is 7. The minimum atomic E-state index is 0.537. The molecule has 8 nitrogen and oxygen atoms in total. The summed E-state index contributed by atoms with van der Waals surface area (Å²) in [5.74, 6) is 3.75. The number of aromatic nitrogens is 2. The van der Waals surface area contributed by atoms with E-state index < -0.39 is 0 Å². The van der Waals surface area contributed by atoms with Gasteiger partial charge in [-0.1, -0.05) is 18.2 Å². The number of hydrogen-bond donors (Lipinski definition) is 2. The van der Waals surface area contributed by atoms with Gasteiger partial charge in [-0.15, -0.1) is 0 Å². The van der Waals surface area contributed by atoms with Gasteiger partial charge in [0.1, 0.15) is 29.3 Å². The summed E-state index contributed by atoms with van der Waals surface area (Å²) in [6.45, 7) is 3.39. The summed E-state index contributed by atoms with van der Waals surface area (Å²) in [4.78, 5) is 13.4. The normalized spacial score (nSPS) is 13.4. The van der Waals surface area contributed by atoms with Gasteiger partial charge in [-0.05, 0) is 60.7 Å². The number of nitrogens with zero attached hydrogens (tertiary/aromatic N) is 4. The van der Waals surface area contributed by atoms with Crippen LogP contribution >= 0.6 is 0 Å². The average molecular weight is 469 g/mol. The molecule has 1 saturated heterocycles. The van der Waals surface area contributed by atoms with Gasteiger partial charge in [0, 0.05) is 37.6 Å². The van der Waals surface area contributed by atoms with Gasteiger partial charge in [0.25, 0.3) is 0 Å². The third-order valence-corrected chi connectivity index (χ3v) is 5.98. The van der Waals surface area contributed by atoms with E-state index in [4.69, 9.17) is 15.2 Å². The topological polar surface area (TPSA) is 88.8 Å². The van der Waals surface area contributed by atoms with Crippen LogP contribution in [0.2, 0.25) is 0 Å². The second-order valence-corrected chi connectivity index (χ2v) is 8.20. The van der Waals surface area contributed by atoms with Crippen LogP contribution < -0.4 is 30.3 Å². The number of nitrogen functional groups attached to an aromatic ring is 1. The molecule has 0 bridgehead atoms. The van der Waals surface area contributed by atoms with E-state index in [-0.39, 0.29) is 0 Å². The monoisotopic (exact) mass is 468 g/mol. The first-order valence-corrected chi connectivity index (χ1v) is 11.5. The second-order valence-electron chi connectivity index (χ2n) is 8.20. The van der Waals surface area contributed by atoms with Crippen molar-refractivity contribution in [2.24, 2.45) is 0 Å². The Bertz CT molecular complexity index is 1240. The highest BCUT2D eigenvalue weighted by molar-refractivity contribution is 5.78. The van der Waals surface area contributed by atoms with E-state index >= 15 is 0 Å². The molecule has 0 amide bonds. The van der Waals surface area contributed by atoms with Crippen molar-refractivity contribution in [2.75, 3.05) is 54.1 Å². The lowest BCUT2D eigenvalue weighted by Crippen LogP contribution is -2.47. The van der Waals surface area contributed by atoms with Crippen LogP contribution in [0.15, 0.2) is 85.2 Å². The van der Waals surface area contributed by atoms with E-state index in [0.717, 1.165) is 54.9 Å². The number of anilines is 5. The second kappa shape index (κ2) is 10.2. The summed E-state index contributed by atoms with van der Waals surface area (Å²) in [5.41, 5.74) is 9.08. The molecule has 0 spiro atoms. The van der Waals surface area contributed by atoms with Crippen molar-refractivity contribution < 1.29 is 9.47 Å². The molecule has 4 aromatic rings. The SMILES string of the molecule is COc1ccc(N2CCN(c3ncnc(Nc4ccc(Oc5ccccc5)cc4)c3N)CC2)cc1. The number of ether oxygens (including phenoxy) is 2. The fourth-order valence-corrected chi connectivity index (χ4v) is 4.08. The number of benzene rings is 3. The zero-order chi connectivity index (χ0) is 24.0. The quantitative estimate of drug-likeness (QED) is 0.395. The Labute approximate surface area is 204 Å². The Hall–Kier alpha value is -4.46. The zero-order valence-electron chi connectivity index (χ0n) is 19.6. The number of methoxy groups -OCH3 is 1. The fraction of sp³-hybridized carbons (Fsp3) is 0.185. The van der Waals surface area contributed by atoms with Crippen molar-refractivity contribution in [3.8, 4) is 17.2 Å². The number of para-hydroxylation sites is 1. The van der Waals surface area contributed by atoms with Crippen LogP contribution in [0.1, 0.15) is 0 Å². The Balaban J connectivity index is 1.22. The molecule has 3 N–H and O–H groups in total. The van der Waals surface area contributed by atoms with Crippen molar-refractivity contribution in [2.45, 2.75) is 0 Å². The minimum Gasteiger partial charge on any atom is -0.497 e. The van der Waals surface area contributed by atoms with E-state index in [9.17, 15) is 0 Å². The average Bonchev–Trinajstić information content (AvgIpc) is 2.92. The molecule has 35 heavy (non-hydrogen) atoms. The van der Waals surface area contributed by atoms with Gasteiger partial charge in [-0.3, -0.25) is 0 Å². The minimum absolute atomic E-state index is 0.537. The maximum Gasteiger partial charge on any atom is 0.159 e. The molecule has 0 atom stereocenters. The Morgan fingerprint density at radius 3 is 2.06 bits per heavy atom. The third-order valence-electron chi connectivity index (χ3n) is 5.98. The van der Waals surface area contributed by atoms with Crippen molar-refractivity contribution in [3.63, 3.8) is 0 Å². The lowest BCUT2D eigenvalue weighted by molar-refractivity contribution is 0.415. The zero-order valence-corrected chi connectivity index (χ0v) is 19.6. The highest BCUT2D eigenvalue weighted by atomic mass is 16.5. The molecule has 178 valence electrons. The lowest BCUT2D eigenvalue weighted by atomic mass is 10.2. The van der Waals surface area contributed by atoms with Gasteiger partial charge in [0.15, 0.2) is 11.6 Å². The molecule has 1 fully saturated rings. The van der Waals surface area contributed by atoms with Crippen LogP contribution in [0.5, 0.6) is 17.2 Å². The molecular formula is C27H28N6O2. The standard InChI is InChI=1S/C27H28N6O2/c1-34-22-13-9-21(10-14-22)32-15-17-33(18-16-32)27-25(28)26(29-19-30-27)31-20-7-11-24(12-8-20)35-23-5-3-2-4-6-23/h2-14,19H,15-18,28H2,1H3,(H,29,30,31). The molecule has 2 heterocycles. The molecule has 0 unspecified atom stereocenters. The summed E-state index contributed by atoms with van der Waals surface area (Å²) < 4.78 is 11.1. The van der Waals surface area contributed by atoms with Crippen molar-refractivity contribution in [3.05, 3.63) is 85.2 Å². The van der Waals surface area contributed by atoms with E-state index in [1.54, 1.807) is 13.4 Å². The lowest BCUT2D eigenvalue weighted by Gasteiger charge is -2.37. The molecule has 0 aliphatic carbocycles. The van der Waals surface area contributed by atoms with E-state index in [1.807, 2.05) is 66.7 Å². The molecule has 0 radical (unpaired) electrons. The van der Waals surface area contributed by atoms with E-state index in [0.29, 0.717) is 11.5 Å². The predicted molar refractivity (Wildman–Crippen MR) is 140 cm³/mol. The van der Waals surface area contributed by atoms with Crippen LogP contribution in [0, 0.1) is 0 Å². The van der Waals surface area contributed by atoms with Crippen molar-refractivity contribution in [1.29, 1.82) is 0 Å². The number of nitrogens with two attached hydrogens (primary N) is 1. The van der Waals surface area contributed by atoms with Crippen LogP contribution in [0.25, 0.3) is 0 Å². The van der Waals surface area contributed by atoms with Gasteiger partial charge in [0.05, 0.1) is 7.11 Å². The first-order chi connectivity index (χ1) is 17.2. The maximum absolute atomic E-state index is 6.49. The smallest absolute Gasteiger partial charge is 0.159 e. The van der Waals surface area contributed by atoms with Gasteiger partial charge < -0.3 is 30.3 Å². The number of hydrogen-bond acceptors (Lipinski definition) is 8. The summed E-state index contributed by atoms with van der Waals surface area (Å²) in [7, 11) is 1.68. The Morgan fingerprint density at radius 1 is 0.743 bits per heavy atom. The first-order valence-electron chi connectivity index (χ1n) is 11.5. The molecule has 1 aliphatic heterocycles. The van der Waals surface area contributed by atoms with Crippen molar-refractivity contribution in [1.82, 2.24) is 9.97 Å². The maximum atomic E-state index is 6.49. The molecule has 1 aromatic heterocycles. The molecule has 8 heteroatoms. The van der Waals surface area contributed by atoms with Crippen LogP contribution in [0.3, 0.4) is 0 Å². The predicted octanol–water partition coefficient (Wildman–Crippen LogP) is 4.93. The van der Waals surface area contributed by atoms with Crippen molar-refractivity contribution >= 4 is 28.7 Å². The summed E-state index contributed by atoms with van der Waals surface area (Å²) >= 11 is 0. The number of nitrogens with one attached hydrogen (secondary N) is 1. The Kier molecular flexibility index (Phi) is 6.52. The van der Waals surface area contributed by atoms with Gasteiger partial charge >= 0.3 is 0 Å². The van der Waals surface area contributed by atoms with Crippen LogP contribution in [-0.4, -0.2) is 43.3 Å². The summed E-state index contributed by atoms with van der Waals surface area (Å²) in [6.07, 6.45) is 1.55. The molecule has 3 aromatic carbocycles. The highest BCUT2D eigenvalue weighted by Gasteiger charge is 2.21. The summed E-state index contributed by atoms with van der Waals surface area (Å²) in [5, 5.41) is 3.31. The fourth-order valence-electron chi connectivity index (χ4n) is 4.08. The molecule has 5 rings (SSSR count). The number of piperazine rings is 1. The summed E-state index contributed by atoms with van der Waals surface area (Å²) in [6, 6.07) is 25.5. The highest BCUT2D eigenvalue weighted by Crippen LogP contribution is 2.31. The van der Waals surface area contributed by atoms with Crippen LogP contribution in [0.4, 0.5) is 28.7 Å². The van der Waals surface area contributed by atoms with Gasteiger partial charge in [-0.25, -0.2) is 9.97 Å². The molecular weight excluding hydrogens is 440 g/mol. The molecule has 1 aliphatic rings.